The molecule has 1 aliphatic rings. The fourth-order valence-electron chi connectivity index (χ4n) is 13.3. The van der Waals surface area contributed by atoms with E-state index in [4.69, 9.17) is 44.0 Å². The highest BCUT2D eigenvalue weighted by molar-refractivity contribution is 7.44. The van der Waals surface area contributed by atoms with Gasteiger partial charge in [-0.15, -0.1) is 0 Å². The van der Waals surface area contributed by atoms with E-state index in [-0.39, 0.29) is 62.6 Å². The predicted molar refractivity (Wildman–Crippen MR) is 397 cm³/mol. The minimum Gasteiger partial charge on any atom is -0.497 e. The van der Waals surface area contributed by atoms with Gasteiger partial charge in [0.25, 0.3) is 8.53 Å². The van der Waals surface area contributed by atoms with E-state index in [1.165, 1.54) is 186 Å². The quantitative estimate of drug-likeness (QED) is 0.0251. The van der Waals surface area contributed by atoms with Gasteiger partial charge in [0.1, 0.15) is 36.4 Å². The fraction of sp³-hybridized carbons (Fsp3) is 0.741. The molecule has 1 aliphatic heterocycles. The van der Waals surface area contributed by atoms with E-state index in [0.717, 1.165) is 53.9 Å². The van der Waals surface area contributed by atoms with Crippen LogP contribution in [-0.2, 0) is 38.4 Å². The standard InChI is InChI=1S/C81H135N4O10P/c1-10-12-14-16-18-20-22-24-26-28-30-32-34-36-38-46-61-90-67-78(91-62-47-39-37-35-33-31-29-27-25-23-21-19-17-15-13-11-2)68-92-80(87)83-59-45-41-44-50-79(86)84-65-77(95-96(94-63-60-82-7)85(69(3)4)70(5)6)64-74(84)66-93-81(71-48-42-40-43-49-71,72-51-55-75(88-8)56-52-72)73-53-57-76(89-9)58-54-73/h40,42-43,48-49,51-58,69-70,74,77-78H,10-39,41,44-47,50,59-68H2,1-6,8-9H3,(H,83,87)/t74-,77+,78?,96?/m0/s1. The van der Waals surface area contributed by atoms with Gasteiger partial charge in [-0.2, -0.15) is 0 Å². The molecule has 14 nitrogen and oxygen atoms in total. The van der Waals surface area contributed by atoms with Crippen LogP contribution in [-0.4, -0.2) is 125 Å². The normalized spacial score (nSPS) is 14.8. The Morgan fingerprint density at radius 1 is 0.573 bits per heavy atom. The summed E-state index contributed by atoms with van der Waals surface area (Å²) in [5.74, 6) is 1.48. The molecule has 1 N–H and O–H groups in total. The summed E-state index contributed by atoms with van der Waals surface area (Å²) in [4.78, 5) is 33.4. The molecule has 3 aromatic rings. The molecule has 3 aromatic carbocycles. The average Bonchev–Trinajstić information content (AvgIpc) is 0.802. The third-order valence-corrected chi connectivity index (χ3v) is 21.0. The van der Waals surface area contributed by atoms with Crippen LogP contribution < -0.4 is 14.8 Å². The van der Waals surface area contributed by atoms with Crippen molar-refractivity contribution in [1.29, 1.82) is 0 Å². The summed E-state index contributed by atoms with van der Waals surface area (Å²) in [5, 5.41) is 2.96. The SMILES string of the molecule is [C-]#[N+]CCOP(O[C@@H]1C[C@@H](COC(c2ccccc2)(c2ccc(OC)cc2)c2ccc(OC)cc2)N(C(=O)CCCCCNC(=O)OCC(COCCCCCCCCCCCCCCCCCC)OCCCCCCCCCCCCCCCCCC)C1)N(C(C)C)C(C)C. The zero-order chi connectivity index (χ0) is 69.0. The second kappa shape index (κ2) is 54.5. The largest absolute Gasteiger partial charge is 0.497 e. The van der Waals surface area contributed by atoms with Gasteiger partial charge in [0.05, 0.1) is 39.6 Å². The summed E-state index contributed by atoms with van der Waals surface area (Å²) < 4.78 is 52.6. The van der Waals surface area contributed by atoms with Crippen molar-refractivity contribution in [3.63, 3.8) is 0 Å². The van der Waals surface area contributed by atoms with Gasteiger partial charge in [-0.3, -0.25) is 4.79 Å². The Labute approximate surface area is 586 Å². The molecule has 1 heterocycles. The van der Waals surface area contributed by atoms with E-state index in [2.05, 4.69) is 68.5 Å². The summed E-state index contributed by atoms with van der Waals surface area (Å²) in [6.07, 6.45) is 44.4. The highest BCUT2D eigenvalue weighted by atomic mass is 31.2. The Hall–Kier alpha value is -4.32. The number of alkyl carbamates (subject to hydrolysis) is 1. The third kappa shape index (κ3) is 35.1. The summed E-state index contributed by atoms with van der Waals surface area (Å²) in [7, 11) is 1.76. The molecular formula is C81H135N4O10P. The number of hydrogen-bond acceptors (Lipinski definition) is 11. The Morgan fingerprint density at radius 3 is 1.48 bits per heavy atom. The first-order valence-corrected chi connectivity index (χ1v) is 39.7. The summed E-state index contributed by atoms with van der Waals surface area (Å²) in [6, 6.07) is 26.1. The number of hydrogen-bond donors (Lipinski definition) is 1. The first kappa shape index (κ1) is 84.1. The third-order valence-electron chi connectivity index (χ3n) is 18.8. The minimum atomic E-state index is -1.56. The van der Waals surface area contributed by atoms with Crippen molar-refractivity contribution in [3.8, 4) is 11.5 Å². The fourth-order valence-corrected chi connectivity index (χ4v) is 15.0. The first-order chi connectivity index (χ1) is 47.0. The van der Waals surface area contributed by atoms with Gasteiger partial charge >= 0.3 is 6.09 Å². The Balaban J connectivity index is 1.30. The molecule has 4 rings (SSSR count). The molecule has 2 amide bonds. The maximum absolute atomic E-state index is 14.7. The van der Waals surface area contributed by atoms with E-state index in [0.29, 0.717) is 58.6 Å². The van der Waals surface area contributed by atoms with Crippen LogP contribution in [0.25, 0.3) is 4.85 Å². The number of nitrogens with one attached hydrogen (secondary N) is 1. The maximum Gasteiger partial charge on any atom is 0.407 e. The number of amides is 2. The molecule has 2 unspecified atom stereocenters. The van der Waals surface area contributed by atoms with E-state index in [9.17, 15) is 9.59 Å². The molecule has 0 radical (unpaired) electrons. The number of rotatable bonds is 61. The lowest BCUT2D eigenvalue weighted by molar-refractivity contribution is -0.134. The summed E-state index contributed by atoms with van der Waals surface area (Å²) in [6.45, 7) is 23.9. The van der Waals surface area contributed by atoms with Crippen molar-refractivity contribution in [3.05, 3.63) is 107 Å². The van der Waals surface area contributed by atoms with Gasteiger partial charge in [-0.25, -0.2) is 16.0 Å². The number of methoxy groups -OCH3 is 2. The number of carbonyl (C=O) groups excluding carboxylic acids is 2. The van der Waals surface area contributed by atoms with Gasteiger partial charge < -0.3 is 52.5 Å². The molecule has 0 bridgehead atoms. The van der Waals surface area contributed by atoms with Crippen LogP contribution >= 0.6 is 8.53 Å². The zero-order valence-electron chi connectivity index (χ0n) is 61.8. The van der Waals surface area contributed by atoms with Crippen molar-refractivity contribution in [2.75, 3.05) is 73.5 Å². The number of nitrogens with zero attached hydrogens (tertiary/aromatic N) is 3. The molecule has 96 heavy (non-hydrogen) atoms. The number of benzene rings is 3. The zero-order valence-corrected chi connectivity index (χ0v) is 62.7. The minimum absolute atomic E-state index is 0.0202. The van der Waals surface area contributed by atoms with Crippen LogP contribution in [0.1, 0.15) is 296 Å². The molecule has 0 aromatic heterocycles. The number of carbonyl (C=O) groups is 2. The number of likely N-dealkylation sites (tertiary alicyclic amines) is 1. The number of unbranched alkanes of at least 4 members (excludes halogenated alkanes) is 32. The van der Waals surface area contributed by atoms with Crippen molar-refractivity contribution < 1.29 is 47.1 Å². The van der Waals surface area contributed by atoms with Gasteiger partial charge in [0.2, 0.25) is 12.5 Å². The van der Waals surface area contributed by atoms with E-state index < -0.39 is 20.2 Å². The molecule has 0 spiro atoms. The molecule has 544 valence electrons. The van der Waals surface area contributed by atoms with Crippen LogP contribution in [0.2, 0.25) is 0 Å². The highest BCUT2D eigenvalue weighted by Gasteiger charge is 2.43. The molecule has 0 saturated carbocycles. The van der Waals surface area contributed by atoms with Crippen LogP contribution in [0.4, 0.5) is 4.79 Å². The molecular weight excluding hydrogens is 1220 g/mol. The smallest absolute Gasteiger partial charge is 0.407 e. The van der Waals surface area contributed by atoms with Crippen LogP contribution in [0.15, 0.2) is 78.9 Å². The average molecular weight is 1360 g/mol. The Morgan fingerprint density at radius 2 is 1.02 bits per heavy atom. The van der Waals surface area contributed by atoms with Crippen LogP contribution in [0.3, 0.4) is 0 Å². The molecule has 1 saturated heterocycles. The van der Waals surface area contributed by atoms with E-state index >= 15 is 0 Å². The van der Waals surface area contributed by atoms with Crippen molar-refractivity contribution >= 4 is 20.5 Å². The van der Waals surface area contributed by atoms with Crippen LogP contribution in [0.5, 0.6) is 11.5 Å². The van der Waals surface area contributed by atoms with Crippen molar-refractivity contribution in [2.45, 2.75) is 315 Å². The van der Waals surface area contributed by atoms with E-state index in [1.54, 1.807) is 14.2 Å². The maximum atomic E-state index is 14.7. The summed E-state index contributed by atoms with van der Waals surface area (Å²) >= 11 is 0. The molecule has 4 atom stereocenters. The lowest BCUT2D eigenvalue weighted by Crippen LogP contribution is -2.42. The molecule has 0 aliphatic carbocycles. The highest BCUT2D eigenvalue weighted by Crippen LogP contribution is 2.49. The van der Waals surface area contributed by atoms with Gasteiger partial charge in [-0.05, 0) is 101 Å². The van der Waals surface area contributed by atoms with Gasteiger partial charge in [0.15, 0.2) is 0 Å². The van der Waals surface area contributed by atoms with E-state index in [1.807, 2.05) is 71.6 Å². The molecule has 1 fully saturated rings. The Bertz CT molecular complexity index is 2340. The topological polar surface area (TPSA) is 131 Å². The van der Waals surface area contributed by atoms with Crippen LogP contribution in [0, 0.1) is 6.57 Å². The second-order valence-corrected chi connectivity index (χ2v) is 28.9. The molecule has 15 heteroatoms. The second-order valence-electron chi connectivity index (χ2n) is 27.5. The number of ether oxygens (including phenoxy) is 6. The lowest BCUT2D eigenvalue weighted by Gasteiger charge is -2.38. The Kier molecular flexibility index (Phi) is 47.7. The van der Waals surface area contributed by atoms with Crippen molar-refractivity contribution in [2.24, 2.45) is 0 Å². The first-order valence-electron chi connectivity index (χ1n) is 38.6. The lowest BCUT2D eigenvalue weighted by atomic mass is 9.80. The predicted octanol–water partition coefficient (Wildman–Crippen LogP) is 21.5. The monoisotopic (exact) mass is 1350 g/mol. The van der Waals surface area contributed by atoms with Gasteiger partial charge in [0, 0.05) is 44.8 Å². The van der Waals surface area contributed by atoms with Gasteiger partial charge in [-0.1, -0.05) is 267 Å². The van der Waals surface area contributed by atoms with Crippen molar-refractivity contribution in [1.82, 2.24) is 14.9 Å². The summed E-state index contributed by atoms with van der Waals surface area (Å²) in [5.41, 5.74) is 1.66.